The quantitative estimate of drug-likeness (QED) is 0.0327. The van der Waals surface area contributed by atoms with Crippen molar-refractivity contribution in [1.29, 1.82) is 0 Å². The van der Waals surface area contributed by atoms with Crippen molar-refractivity contribution in [1.82, 2.24) is 4.17 Å². The molecule has 0 fully saturated rings. The highest BCUT2D eigenvalue weighted by molar-refractivity contribution is 7.73. The molecule has 0 bridgehead atoms. The third-order valence-corrected chi connectivity index (χ3v) is 32.4. The maximum atomic E-state index is 7.13. The Balaban J connectivity index is 7.03. The Bertz CT molecular complexity index is 1200. The van der Waals surface area contributed by atoms with E-state index in [9.17, 15) is 0 Å². The van der Waals surface area contributed by atoms with Gasteiger partial charge in [-0.1, -0.05) is 504 Å². The maximum absolute atomic E-state index is 7.13. The molecule has 0 aromatic rings. The van der Waals surface area contributed by atoms with Crippen LogP contribution in [-0.2, 0) is 0 Å². The third-order valence-electron chi connectivity index (χ3n) is 22.4. The summed E-state index contributed by atoms with van der Waals surface area (Å²) in [6.45, 7) is 14.1. The molecule has 560 valence electrons. The van der Waals surface area contributed by atoms with Crippen LogP contribution in [0.5, 0.6) is 0 Å². The van der Waals surface area contributed by atoms with Gasteiger partial charge in [0.1, 0.15) is 0 Å². The van der Waals surface area contributed by atoms with Crippen LogP contribution in [0.3, 0.4) is 0 Å². The Hall–Kier alpha value is 0.570. The van der Waals surface area contributed by atoms with Gasteiger partial charge in [0.15, 0.2) is 0 Å². The Kier molecular flexibility index (Phi) is 82.0. The summed E-state index contributed by atoms with van der Waals surface area (Å²) in [5, 5.41) is 0. The van der Waals surface area contributed by atoms with Crippen molar-refractivity contribution < 1.29 is 0 Å². The zero-order valence-corrected chi connectivity index (χ0v) is 68.5. The van der Waals surface area contributed by atoms with Gasteiger partial charge in [-0.2, -0.15) is 4.17 Å². The van der Waals surface area contributed by atoms with E-state index in [1.807, 2.05) is 0 Å². The Morgan fingerprint density at radius 2 is 0.183 bits per heavy atom. The number of unbranched alkanes of at least 4 members (excludes halogenated alkanes) is 72. The molecule has 0 aliphatic carbocycles. The standard InChI is InChI=1S/C90H186NP2/c1-7-13-19-25-31-37-43-49-55-61-67-73-79-85-92(86-80-74-68-62-56-50-44-38-32-26-20-14-8-2,87-81-75-69-63-57-51-45-39-33-27-21-15-9-3)91-93(88-82-76-70-64-58-52-46-40-34-28-22-16-10-4,89-83-77-71-65-59-53-47-41-35-29-23-17-11-5)90-84-78-72-66-60-54-48-42-36-30-24-18-12-6/h7-90H2,1-6H3/q+1. The summed E-state index contributed by atoms with van der Waals surface area (Å²) >= 11 is 0. The normalized spacial score (nSPS) is 12.1. The monoisotopic (exact) mass is 1340 g/mol. The summed E-state index contributed by atoms with van der Waals surface area (Å²) in [5.74, 6) is 0. The van der Waals surface area contributed by atoms with Crippen LogP contribution in [0.2, 0.25) is 0 Å². The molecule has 0 aromatic carbocycles. The van der Waals surface area contributed by atoms with E-state index < -0.39 is 14.1 Å². The molecule has 0 atom stereocenters. The molecular weight excluding hydrogens is 1160 g/mol. The average molecular weight is 1340 g/mol. The van der Waals surface area contributed by atoms with Crippen molar-refractivity contribution in [3.8, 4) is 0 Å². The minimum atomic E-state index is -1.45. The lowest BCUT2D eigenvalue weighted by Crippen LogP contribution is -2.10. The predicted octanol–water partition coefficient (Wildman–Crippen LogP) is 35.0. The number of hydrogen-bond acceptors (Lipinski definition) is 0. The van der Waals surface area contributed by atoms with Crippen LogP contribution in [0.15, 0.2) is 0 Å². The fourth-order valence-electron chi connectivity index (χ4n) is 15.9. The van der Waals surface area contributed by atoms with Crippen molar-refractivity contribution in [2.75, 3.05) is 37.0 Å². The summed E-state index contributed by atoms with van der Waals surface area (Å²) in [4.78, 5) is 0. The first-order valence-electron chi connectivity index (χ1n) is 45.5. The minimum Gasteiger partial charge on any atom is -0.176 e. The van der Waals surface area contributed by atoms with Gasteiger partial charge in [0, 0.05) is 37.0 Å². The van der Waals surface area contributed by atoms with Gasteiger partial charge in [0.25, 0.3) is 0 Å². The summed E-state index contributed by atoms with van der Waals surface area (Å²) in [5.41, 5.74) is 0. The summed E-state index contributed by atoms with van der Waals surface area (Å²) in [6, 6.07) is 0. The highest BCUT2D eigenvalue weighted by Gasteiger charge is 2.35. The molecule has 0 aliphatic rings. The van der Waals surface area contributed by atoms with Gasteiger partial charge in [-0.25, -0.2) is 0 Å². The second kappa shape index (κ2) is 81.5. The fraction of sp³-hybridized carbons (Fsp3) is 1.00. The third kappa shape index (κ3) is 72.2. The summed E-state index contributed by atoms with van der Waals surface area (Å²) in [6.07, 6.45) is 124. The van der Waals surface area contributed by atoms with Gasteiger partial charge >= 0.3 is 0 Å². The lowest BCUT2D eigenvalue weighted by molar-refractivity contribution is 0.541. The Morgan fingerprint density at radius 1 is 0.108 bits per heavy atom. The average Bonchev–Trinajstić information content (AvgIpc) is 2.56. The van der Waals surface area contributed by atoms with E-state index in [1.165, 1.54) is 501 Å². The van der Waals surface area contributed by atoms with E-state index in [2.05, 4.69) is 41.5 Å². The molecule has 0 saturated heterocycles. The predicted molar refractivity (Wildman–Crippen MR) is 439 cm³/mol. The van der Waals surface area contributed by atoms with E-state index in [0.29, 0.717) is 0 Å². The molecule has 0 heterocycles. The molecule has 0 aliphatic heterocycles. The Labute approximate surface area is 594 Å². The van der Waals surface area contributed by atoms with E-state index in [4.69, 9.17) is 4.17 Å². The molecule has 0 amide bonds. The fourth-order valence-corrected chi connectivity index (χ4v) is 27.5. The second-order valence-corrected chi connectivity index (χ2v) is 39.9. The molecule has 3 heteroatoms. The lowest BCUT2D eigenvalue weighted by Gasteiger charge is -2.20. The largest absolute Gasteiger partial charge is 0.216 e. The minimum absolute atomic E-state index is 1.37. The van der Waals surface area contributed by atoms with Crippen molar-refractivity contribution in [3.05, 3.63) is 0 Å². The first kappa shape index (κ1) is 93.6. The van der Waals surface area contributed by atoms with E-state index in [-0.39, 0.29) is 0 Å². The lowest BCUT2D eigenvalue weighted by atomic mass is 10.0. The topological polar surface area (TPSA) is 14.1 Å². The Morgan fingerprint density at radius 3 is 0.269 bits per heavy atom. The van der Waals surface area contributed by atoms with Crippen LogP contribution in [0, 0.1) is 0 Å². The van der Waals surface area contributed by atoms with Gasteiger partial charge in [0.2, 0.25) is 14.1 Å². The van der Waals surface area contributed by atoms with Crippen LogP contribution in [-0.4, -0.2) is 37.0 Å². The molecule has 93 heavy (non-hydrogen) atoms. The van der Waals surface area contributed by atoms with Crippen molar-refractivity contribution in [3.63, 3.8) is 0 Å². The highest BCUT2D eigenvalue weighted by Crippen LogP contribution is 2.56. The van der Waals surface area contributed by atoms with Crippen molar-refractivity contribution in [2.24, 2.45) is 0 Å². The van der Waals surface area contributed by atoms with Gasteiger partial charge in [0.05, 0.1) is 0 Å². The summed E-state index contributed by atoms with van der Waals surface area (Å²) in [7, 11) is -2.90. The van der Waals surface area contributed by atoms with Gasteiger partial charge in [-0.05, 0) is 38.5 Å². The van der Waals surface area contributed by atoms with Crippen LogP contribution in [0.25, 0.3) is 0 Å². The second-order valence-electron chi connectivity index (χ2n) is 32.1. The molecule has 0 saturated carbocycles. The molecule has 0 N–H and O–H groups in total. The number of nitrogens with zero attached hydrogens (tertiary/aromatic N) is 1. The number of hydrogen-bond donors (Lipinski definition) is 0. The molecule has 0 radical (unpaired) electrons. The van der Waals surface area contributed by atoms with Gasteiger partial charge in [-0.3, -0.25) is 0 Å². The van der Waals surface area contributed by atoms with E-state index in [0.717, 1.165) is 0 Å². The molecule has 0 unspecified atom stereocenters. The van der Waals surface area contributed by atoms with Gasteiger partial charge < -0.3 is 0 Å². The van der Waals surface area contributed by atoms with E-state index >= 15 is 0 Å². The molecule has 0 spiro atoms. The first-order valence-corrected chi connectivity index (χ1v) is 50.1. The van der Waals surface area contributed by atoms with Crippen LogP contribution < -0.4 is 4.17 Å². The van der Waals surface area contributed by atoms with Crippen LogP contribution in [0.4, 0.5) is 0 Å². The highest BCUT2D eigenvalue weighted by atomic mass is 31.2. The SMILES string of the molecule is CCCCCCCCCCCCCCCP(CCCCCCCCCCCCCCC)(CCCCCCCCCCCCCCC)=[N+]=P(CCCCCCCCCCCCCCC)(CCCCCCCCCCCCCCC)CCCCCCCCCCCCCCC. The van der Waals surface area contributed by atoms with Gasteiger partial charge in [-0.15, -0.1) is 0 Å². The molecule has 0 rings (SSSR count). The summed E-state index contributed by atoms with van der Waals surface area (Å²) < 4.78 is 7.13. The number of rotatable bonds is 84. The van der Waals surface area contributed by atoms with E-state index in [1.54, 1.807) is 37.0 Å². The first-order chi connectivity index (χ1) is 46.1. The van der Waals surface area contributed by atoms with Crippen molar-refractivity contribution in [2.45, 2.75) is 542 Å². The van der Waals surface area contributed by atoms with Crippen LogP contribution >= 0.6 is 14.1 Å². The maximum Gasteiger partial charge on any atom is 0.216 e. The smallest absolute Gasteiger partial charge is 0.176 e. The zero-order chi connectivity index (χ0) is 67.1. The molecular formula is C90H186NP2+. The van der Waals surface area contributed by atoms with Crippen LogP contribution in [0.1, 0.15) is 542 Å². The molecule has 0 aromatic heterocycles. The zero-order valence-electron chi connectivity index (χ0n) is 66.7. The molecule has 1 nitrogen and oxygen atoms in total. The van der Waals surface area contributed by atoms with Crippen molar-refractivity contribution >= 4 is 14.1 Å².